The molecule has 1 amide bonds. The van der Waals surface area contributed by atoms with E-state index < -0.39 is 0 Å². The third-order valence-corrected chi connectivity index (χ3v) is 4.69. The lowest BCUT2D eigenvalue weighted by Gasteiger charge is -2.26. The van der Waals surface area contributed by atoms with Crippen LogP contribution in [0.3, 0.4) is 0 Å². The zero-order valence-electron chi connectivity index (χ0n) is 12.4. The fourth-order valence-corrected chi connectivity index (χ4v) is 3.38. The van der Waals surface area contributed by atoms with E-state index in [4.69, 9.17) is 4.74 Å². The van der Waals surface area contributed by atoms with E-state index in [2.05, 4.69) is 17.2 Å². The smallest absolute Gasteiger partial charge is 0.246 e. The molecule has 0 unspecified atom stereocenters. The standard InChI is InChI=1S/C15H24N2O2S/c1-11-4-3-5-13(8-11)19-9-14(18)16-7-6-15-17-12(2)10-20-15/h10-11,13H,3-9H2,1-2H3,(H,16,18)/t11-,13+/m0/s1. The average molecular weight is 296 g/mol. The normalized spacial score (nSPS) is 22.7. The van der Waals surface area contributed by atoms with Gasteiger partial charge < -0.3 is 10.1 Å². The van der Waals surface area contributed by atoms with Gasteiger partial charge in [-0.1, -0.05) is 19.8 Å². The van der Waals surface area contributed by atoms with Crippen LogP contribution < -0.4 is 5.32 Å². The number of ether oxygens (including phenoxy) is 1. The first-order valence-electron chi connectivity index (χ1n) is 7.43. The molecule has 0 bridgehead atoms. The van der Waals surface area contributed by atoms with Gasteiger partial charge in [0, 0.05) is 24.0 Å². The monoisotopic (exact) mass is 296 g/mol. The van der Waals surface area contributed by atoms with E-state index in [-0.39, 0.29) is 18.6 Å². The fourth-order valence-electron chi connectivity index (χ4n) is 2.60. The van der Waals surface area contributed by atoms with E-state index in [0.29, 0.717) is 6.54 Å². The van der Waals surface area contributed by atoms with Gasteiger partial charge in [0.2, 0.25) is 5.91 Å². The molecule has 1 heterocycles. The summed E-state index contributed by atoms with van der Waals surface area (Å²) in [6.07, 6.45) is 5.76. The van der Waals surface area contributed by atoms with Gasteiger partial charge in [-0.05, 0) is 25.7 Å². The van der Waals surface area contributed by atoms with Crippen LogP contribution in [0.4, 0.5) is 0 Å². The van der Waals surface area contributed by atoms with Crippen molar-refractivity contribution in [3.63, 3.8) is 0 Å². The second-order valence-corrected chi connectivity index (χ2v) is 6.63. The third kappa shape index (κ3) is 5.21. The predicted octanol–water partition coefficient (Wildman–Crippen LogP) is 2.71. The Morgan fingerprint density at radius 2 is 2.40 bits per heavy atom. The van der Waals surface area contributed by atoms with Gasteiger partial charge in [0.25, 0.3) is 0 Å². The average Bonchev–Trinajstić information content (AvgIpc) is 2.82. The van der Waals surface area contributed by atoms with Crippen LogP contribution in [0.1, 0.15) is 43.3 Å². The molecular weight excluding hydrogens is 272 g/mol. The summed E-state index contributed by atoms with van der Waals surface area (Å²) in [6.45, 7) is 5.06. The second-order valence-electron chi connectivity index (χ2n) is 5.69. The lowest BCUT2D eigenvalue weighted by Crippen LogP contribution is -2.32. The summed E-state index contributed by atoms with van der Waals surface area (Å²) in [5.74, 6) is 0.710. The highest BCUT2D eigenvalue weighted by Crippen LogP contribution is 2.25. The number of aryl methyl sites for hydroxylation is 1. The zero-order chi connectivity index (χ0) is 14.4. The number of hydrogen-bond donors (Lipinski definition) is 1. The van der Waals surface area contributed by atoms with Crippen LogP contribution in [-0.2, 0) is 16.0 Å². The summed E-state index contributed by atoms with van der Waals surface area (Å²) in [5, 5.41) is 6.00. The number of aromatic nitrogens is 1. The molecule has 112 valence electrons. The van der Waals surface area contributed by atoms with Crippen molar-refractivity contribution in [2.75, 3.05) is 13.2 Å². The van der Waals surface area contributed by atoms with E-state index >= 15 is 0 Å². The van der Waals surface area contributed by atoms with Gasteiger partial charge in [-0.15, -0.1) is 11.3 Å². The molecule has 4 nitrogen and oxygen atoms in total. The Balaban J connectivity index is 1.58. The van der Waals surface area contributed by atoms with Crippen molar-refractivity contribution >= 4 is 17.2 Å². The minimum Gasteiger partial charge on any atom is -0.368 e. The number of nitrogens with one attached hydrogen (secondary N) is 1. The molecule has 0 radical (unpaired) electrons. The van der Waals surface area contributed by atoms with E-state index in [0.717, 1.165) is 35.9 Å². The molecule has 1 aliphatic rings. The van der Waals surface area contributed by atoms with Crippen LogP contribution in [0.15, 0.2) is 5.38 Å². The van der Waals surface area contributed by atoms with Crippen LogP contribution in [0.2, 0.25) is 0 Å². The largest absolute Gasteiger partial charge is 0.368 e. The molecule has 0 spiro atoms. The Kier molecular flexibility index (Phi) is 5.98. The molecule has 1 saturated carbocycles. The van der Waals surface area contributed by atoms with Gasteiger partial charge >= 0.3 is 0 Å². The van der Waals surface area contributed by atoms with E-state index in [9.17, 15) is 4.79 Å². The highest BCUT2D eigenvalue weighted by molar-refractivity contribution is 7.09. The lowest BCUT2D eigenvalue weighted by atomic mass is 9.89. The van der Waals surface area contributed by atoms with E-state index in [1.165, 1.54) is 12.8 Å². The first-order chi connectivity index (χ1) is 9.63. The number of carbonyl (C=O) groups is 1. The maximum Gasteiger partial charge on any atom is 0.246 e. The molecule has 2 rings (SSSR count). The van der Waals surface area contributed by atoms with Crippen molar-refractivity contribution in [2.24, 2.45) is 5.92 Å². The molecule has 1 fully saturated rings. The second kappa shape index (κ2) is 7.74. The fraction of sp³-hybridized carbons (Fsp3) is 0.733. The molecule has 0 saturated heterocycles. The van der Waals surface area contributed by atoms with Crippen molar-refractivity contribution in [2.45, 2.75) is 52.1 Å². The van der Waals surface area contributed by atoms with E-state index in [1.54, 1.807) is 11.3 Å². The number of amides is 1. The quantitative estimate of drug-likeness (QED) is 0.878. The number of thiazole rings is 1. The van der Waals surface area contributed by atoms with Crippen molar-refractivity contribution < 1.29 is 9.53 Å². The lowest BCUT2D eigenvalue weighted by molar-refractivity contribution is -0.128. The summed E-state index contributed by atoms with van der Waals surface area (Å²) in [7, 11) is 0. The molecule has 20 heavy (non-hydrogen) atoms. The highest BCUT2D eigenvalue weighted by Gasteiger charge is 2.19. The van der Waals surface area contributed by atoms with Crippen LogP contribution in [0, 0.1) is 12.8 Å². The van der Waals surface area contributed by atoms with Gasteiger partial charge in [0.05, 0.1) is 11.1 Å². The SMILES string of the molecule is Cc1csc(CCNC(=O)CO[C@@H]2CCC[C@H](C)C2)n1. The Morgan fingerprint density at radius 3 is 3.10 bits per heavy atom. The zero-order valence-corrected chi connectivity index (χ0v) is 13.2. The Labute approximate surface area is 124 Å². The Bertz CT molecular complexity index is 433. The first kappa shape index (κ1) is 15.4. The molecular formula is C15H24N2O2S. The van der Waals surface area contributed by atoms with Crippen molar-refractivity contribution in [3.05, 3.63) is 16.1 Å². The van der Waals surface area contributed by atoms with E-state index in [1.807, 2.05) is 12.3 Å². The number of rotatable bonds is 6. The summed E-state index contributed by atoms with van der Waals surface area (Å²) in [6, 6.07) is 0. The van der Waals surface area contributed by atoms with Crippen LogP contribution in [-0.4, -0.2) is 30.1 Å². The maximum atomic E-state index is 11.7. The summed E-state index contributed by atoms with van der Waals surface area (Å²) in [4.78, 5) is 16.1. The van der Waals surface area contributed by atoms with Gasteiger partial charge in [-0.2, -0.15) is 0 Å². The van der Waals surface area contributed by atoms with Gasteiger partial charge in [-0.3, -0.25) is 4.79 Å². The number of carbonyl (C=O) groups excluding carboxylic acids is 1. The van der Waals surface area contributed by atoms with Gasteiger partial charge in [0.1, 0.15) is 6.61 Å². The molecule has 5 heteroatoms. The molecule has 1 N–H and O–H groups in total. The van der Waals surface area contributed by atoms with Crippen molar-refractivity contribution in [3.8, 4) is 0 Å². The summed E-state index contributed by atoms with van der Waals surface area (Å²) < 4.78 is 5.70. The van der Waals surface area contributed by atoms with Gasteiger partial charge in [0.15, 0.2) is 0 Å². The van der Waals surface area contributed by atoms with Crippen LogP contribution in [0.5, 0.6) is 0 Å². The number of hydrogen-bond acceptors (Lipinski definition) is 4. The molecule has 0 aromatic carbocycles. The summed E-state index contributed by atoms with van der Waals surface area (Å²) in [5.41, 5.74) is 1.05. The maximum absolute atomic E-state index is 11.7. The Hall–Kier alpha value is -0.940. The topological polar surface area (TPSA) is 51.2 Å². The molecule has 0 aliphatic heterocycles. The van der Waals surface area contributed by atoms with Crippen molar-refractivity contribution in [1.29, 1.82) is 0 Å². The minimum atomic E-state index is -0.0171. The molecule has 1 aromatic heterocycles. The van der Waals surface area contributed by atoms with Crippen LogP contribution >= 0.6 is 11.3 Å². The predicted molar refractivity (Wildman–Crippen MR) is 80.9 cm³/mol. The molecule has 1 aromatic rings. The summed E-state index contributed by atoms with van der Waals surface area (Å²) >= 11 is 1.64. The minimum absolute atomic E-state index is 0.0171. The van der Waals surface area contributed by atoms with Crippen LogP contribution in [0.25, 0.3) is 0 Å². The Morgan fingerprint density at radius 1 is 1.55 bits per heavy atom. The molecule has 2 atom stereocenters. The first-order valence-corrected chi connectivity index (χ1v) is 8.30. The molecule has 1 aliphatic carbocycles. The highest BCUT2D eigenvalue weighted by atomic mass is 32.1. The third-order valence-electron chi connectivity index (χ3n) is 3.67. The van der Waals surface area contributed by atoms with Gasteiger partial charge in [-0.25, -0.2) is 4.98 Å². The number of nitrogens with zero attached hydrogens (tertiary/aromatic N) is 1. The van der Waals surface area contributed by atoms with Crippen molar-refractivity contribution in [1.82, 2.24) is 10.3 Å².